The Morgan fingerprint density at radius 1 is 1.25 bits per heavy atom. The summed E-state index contributed by atoms with van der Waals surface area (Å²) in [6.45, 7) is 0.260. The van der Waals surface area contributed by atoms with Crippen LogP contribution < -0.4 is 15.4 Å². The fraction of sp³-hybridized carbons (Fsp3) is 0.250. The molecule has 3 aromatic rings. The third-order valence-electron chi connectivity index (χ3n) is 4.29. The molecule has 0 bridgehead atoms. The van der Waals surface area contributed by atoms with Crippen LogP contribution >= 0.6 is 11.3 Å². The third-order valence-corrected chi connectivity index (χ3v) is 4.98. The van der Waals surface area contributed by atoms with Crippen LogP contribution in [0.4, 0.5) is 0 Å². The van der Waals surface area contributed by atoms with E-state index in [1.54, 1.807) is 24.8 Å². The van der Waals surface area contributed by atoms with Gasteiger partial charge in [0, 0.05) is 43.4 Å². The molecule has 0 saturated carbocycles. The van der Waals surface area contributed by atoms with Crippen molar-refractivity contribution >= 4 is 23.2 Å². The smallest absolute Gasteiger partial charge is 0.252 e. The van der Waals surface area contributed by atoms with Crippen molar-refractivity contribution in [3.05, 3.63) is 70.4 Å². The first-order valence-electron chi connectivity index (χ1n) is 8.79. The summed E-state index contributed by atoms with van der Waals surface area (Å²) in [6, 6.07) is 8.84. The number of nitrogens with zero attached hydrogens (tertiary/aromatic N) is 2. The number of methoxy groups -OCH3 is 1. The second-order valence-corrected chi connectivity index (χ2v) is 6.97. The third kappa shape index (κ3) is 4.77. The van der Waals surface area contributed by atoms with Gasteiger partial charge in [-0.3, -0.25) is 9.59 Å². The molecule has 0 aliphatic carbocycles. The Labute approximate surface area is 167 Å². The van der Waals surface area contributed by atoms with E-state index in [4.69, 9.17) is 4.74 Å². The number of ether oxygens (including phenoxy) is 1. The summed E-state index contributed by atoms with van der Waals surface area (Å²) >= 11 is 1.46. The second-order valence-electron chi connectivity index (χ2n) is 6.19. The fourth-order valence-electron chi connectivity index (χ4n) is 2.77. The number of thiophene rings is 1. The highest BCUT2D eigenvalue weighted by Gasteiger charge is 2.21. The maximum Gasteiger partial charge on any atom is 0.252 e. The van der Waals surface area contributed by atoms with Crippen molar-refractivity contribution in [2.75, 3.05) is 13.7 Å². The zero-order chi connectivity index (χ0) is 19.9. The van der Waals surface area contributed by atoms with Crippen molar-refractivity contribution < 1.29 is 14.3 Å². The lowest BCUT2D eigenvalue weighted by atomic mass is 10.1. The molecule has 2 aromatic heterocycles. The quantitative estimate of drug-likeness (QED) is 0.611. The second kappa shape index (κ2) is 9.18. The maximum atomic E-state index is 12.5. The van der Waals surface area contributed by atoms with Gasteiger partial charge in [-0.25, -0.2) is 4.98 Å². The average molecular weight is 398 g/mol. The van der Waals surface area contributed by atoms with Crippen molar-refractivity contribution in [1.82, 2.24) is 20.2 Å². The van der Waals surface area contributed by atoms with Crippen LogP contribution in [0.25, 0.3) is 0 Å². The molecule has 1 atom stereocenters. The monoisotopic (exact) mass is 398 g/mol. The predicted molar refractivity (Wildman–Crippen MR) is 107 cm³/mol. The first-order chi connectivity index (χ1) is 13.6. The molecule has 2 N–H and O–H groups in total. The van der Waals surface area contributed by atoms with E-state index in [2.05, 4.69) is 15.6 Å². The lowest BCUT2D eigenvalue weighted by Crippen LogP contribution is -2.34. The Hall–Kier alpha value is -3.13. The number of imidazole rings is 1. The number of amides is 2. The highest BCUT2D eigenvalue weighted by atomic mass is 32.1. The Morgan fingerprint density at radius 3 is 2.64 bits per heavy atom. The molecule has 0 aliphatic rings. The van der Waals surface area contributed by atoms with Crippen LogP contribution in [0.3, 0.4) is 0 Å². The number of nitrogens with one attached hydrogen (secondary N) is 2. The molecule has 0 radical (unpaired) electrons. The molecule has 146 valence electrons. The minimum absolute atomic E-state index is 0.172. The van der Waals surface area contributed by atoms with Crippen LogP contribution in [0, 0.1) is 0 Å². The van der Waals surface area contributed by atoms with E-state index >= 15 is 0 Å². The van der Waals surface area contributed by atoms with Gasteiger partial charge < -0.3 is 19.9 Å². The Balaban J connectivity index is 1.64. The van der Waals surface area contributed by atoms with Crippen molar-refractivity contribution in [2.24, 2.45) is 7.05 Å². The van der Waals surface area contributed by atoms with E-state index in [1.807, 2.05) is 47.5 Å². The molecule has 28 heavy (non-hydrogen) atoms. The molecule has 7 nitrogen and oxygen atoms in total. The van der Waals surface area contributed by atoms with Gasteiger partial charge in [0.05, 0.1) is 7.11 Å². The topological polar surface area (TPSA) is 85.2 Å². The number of rotatable bonds is 8. The largest absolute Gasteiger partial charge is 0.497 e. The number of hydrogen-bond donors (Lipinski definition) is 2. The number of benzene rings is 1. The van der Waals surface area contributed by atoms with E-state index in [0.29, 0.717) is 5.56 Å². The first-order valence-corrected chi connectivity index (χ1v) is 9.73. The number of hydrogen-bond acceptors (Lipinski definition) is 5. The molecule has 3 rings (SSSR count). The van der Waals surface area contributed by atoms with Crippen molar-refractivity contribution in [3.63, 3.8) is 0 Å². The average Bonchev–Trinajstić information content (AvgIpc) is 3.38. The van der Waals surface area contributed by atoms with Crippen molar-refractivity contribution in [2.45, 2.75) is 12.5 Å². The predicted octanol–water partition coefficient (Wildman–Crippen LogP) is 2.52. The van der Waals surface area contributed by atoms with E-state index < -0.39 is 6.04 Å². The van der Waals surface area contributed by atoms with Gasteiger partial charge in [-0.15, -0.1) is 0 Å². The number of aryl methyl sites for hydroxylation is 1. The van der Waals surface area contributed by atoms with Crippen molar-refractivity contribution in [1.29, 1.82) is 0 Å². The van der Waals surface area contributed by atoms with Gasteiger partial charge in [0.25, 0.3) is 5.91 Å². The number of carbonyl (C=O) groups is 2. The molecular weight excluding hydrogens is 376 g/mol. The SMILES string of the molecule is COc1ccc(C(NC(=O)CCNC(=O)c2ccsc2)c2nccn2C)cc1. The molecule has 0 saturated heterocycles. The van der Waals surface area contributed by atoms with Crippen molar-refractivity contribution in [3.8, 4) is 5.75 Å². The molecular formula is C20H22N4O3S. The number of carbonyl (C=O) groups excluding carboxylic acids is 2. The summed E-state index contributed by atoms with van der Waals surface area (Å²) in [7, 11) is 3.49. The Kier molecular flexibility index (Phi) is 6.44. The molecule has 0 aliphatic heterocycles. The van der Waals surface area contributed by atoms with Gasteiger partial charge in [0.15, 0.2) is 0 Å². The summed E-state index contributed by atoms with van der Waals surface area (Å²) in [5.74, 6) is 1.12. The molecule has 1 unspecified atom stereocenters. The van der Waals surface area contributed by atoms with Gasteiger partial charge in [-0.05, 0) is 29.1 Å². The van der Waals surface area contributed by atoms with Crippen LogP contribution in [-0.4, -0.2) is 35.0 Å². The summed E-state index contributed by atoms with van der Waals surface area (Å²) < 4.78 is 7.07. The van der Waals surface area contributed by atoms with Gasteiger partial charge in [-0.1, -0.05) is 12.1 Å². The van der Waals surface area contributed by atoms with Gasteiger partial charge in [-0.2, -0.15) is 11.3 Å². The van der Waals surface area contributed by atoms with Crippen LogP contribution in [-0.2, 0) is 11.8 Å². The lowest BCUT2D eigenvalue weighted by molar-refractivity contribution is -0.121. The Morgan fingerprint density at radius 2 is 2.04 bits per heavy atom. The lowest BCUT2D eigenvalue weighted by Gasteiger charge is -2.19. The highest BCUT2D eigenvalue weighted by Crippen LogP contribution is 2.23. The van der Waals surface area contributed by atoms with Gasteiger partial charge >= 0.3 is 0 Å². The van der Waals surface area contributed by atoms with E-state index in [0.717, 1.165) is 17.1 Å². The molecule has 1 aromatic carbocycles. The minimum atomic E-state index is -0.397. The molecule has 2 heterocycles. The zero-order valence-electron chi connectivity index (χ0n) is 15.7. The summed E-state index contributed by atoms with van der Waals surface area (Å²) in [4.78, 5) is 28.8. The first kappa shape index (κ1) is 19.6. The zero-order valence-corrected chi connectivity index (χ0v) is 16.5. The van der Waals surface area contributed by atoms with E-state index in [9.17, 15) is 9.59 Å². The molecule has 2 amide bonds. The molecule has 8 heteroatoms. The standard InChI is InChI=1S/C20H22N4O3S/c1-24-11-10-21-19(24)18(14-3-5-16(27-2)6-4-14)23-17(25)7-9-22-20(26)15-8-12-28-13-15/h3-6,8,10-13,18H,7,9H2,1-2H3,(H,22,26)(H,23,25). The van der Waals surface area contributed by atoms with Crippen LogP contribution in [0.2, 0.25) is 0 Å². The van der Waals surface area contributed by atoms with E-state index in [-0.39, 0.29) is 24.8 Å². The summed E-state index contributed by atoms with van der Waals surface area (Å²) in [6.07, 6.45) is 3.70. The summed E-state index contributed by atoms with van der Waals surface area (Å²) in [5.41, 5.74) is 1.50. The van der Waals surface area contributed by atoms with Crippen LogP contribution in [0.15, 0.2) is 53.5 Å². The normalized spacial score (nSPS) is 11.6. The minimum Gasteiger partial charge on any atom is -0.497 e. The van der Waals surface area contributed by atoms with Crippen LogP contribution in [0.5, 0.6) is 5.75 Å². The highest BCUT2D eigenvalue weighted by molar-refractivity contribution is 7.08. The molecule has 0 spiro atoms. The Bertz CT molecular complexity index is 919. The fourth-order valence-corrected chi connectivity index (χ4v) is 3.40. The maximum absolute atomic E-state index is 12.5. The van der Waals surface area contributed by atoms with Crippen LogP contribution in [0.1, 0.15) is 34.2 Å². The summed E-state index contributed by atoms with van der Waals surface area (Å²) in [5, 5.41) is 9.39. The van der Waals surface area contributed by atoms with Gasteiger partial charge in [0.2, 0.25) is 5.91 Å². The van der Waals surface area contributed by atoms with E-state index in [1.165, 1.54) is 11.3 Å². The van der Waals surface area contributed by atoms with Gasteiger partial charge in [0.1, 0.15) is 17.6 Å². The molecule has 0 fully saturated rings. The number of aromatic nitrogens is 2.